The molecule has 0 aliphatic carbocycles. The van der Waals surface area contributed by atoms with E-state index in [4.69, 9.17) is 14.2 Å². The van der Waals surface area contributed by atoms with E-state index in [1.807, 2.05) is 18.7 Å². The van der Waals surface area contributed by atoms with E-state index < -0.39 is 0 Å². The summed E-state index contributed by atoms with van der Waals surface area (Å²) >= 11 is 0. The van der Waals surface area contributed by atoms with Crippen LogP contribution in [0.2, 0.25) is 0 Å². The van der Waals surface area contributed by atoms with Crippen molar-refractivity contribution in [3.05, 3.63) is 35.6 Å². The third kappa shape index (κ3) is 5.75. The van der Waals surface area contributed by atoms with Crippen LogP contribution in [0.4, 0.5) is 4.39 Å². The molecular formula is C22H32FNO4. The number of likely N-dealkylation sites (tertiary alicyclic amines) is 1. The molecule has 0 N–H and O–H groups in total. The second-order valence-electron chi connectivity index (χ2n) is 8.09. The molecule has 1 unspecified atom stereocenters. The van der Waals surface area contributed by atoms with Gasteiger partial charge in [0, 0.05) is 26.1 Å². The largest absolute Gasteiger partial charge is 0.376 e. The fourth-order valence-corrected chi connectivity index (χ4v) is 4.05. The number of hydrogen-bond acceptors (Lipinski definition) is 4. The average Bonchev–Trinajstić information content (AvgIpc) is 2.68. The Bertz CT molecular complexity index is 643. The lowest BCUT2D eigenvalue weighted by Gasteiger charge is -2.46. The van der Waals surface area contributed by atoms with E-state index in [2.05, 4.69) is 0 Å². The number of carbonyl (C=O) groups excluding carboxylic acids is 1. The molecule has 28 heavy (non-hydrogen) atoms. The van der Waals surface area contributed by atoms with Crippen molar-refractivity contribution in [1.82, 2.24) is 4.90 Å². The molecule has 2 aliphatic rings. The molecule has 0 bridgehead atoms. The Kier molecular flexibility index (Phi) is 7.43. The summed E-state index contributed by atoms with van der Waals surface area (Å²) in [5.74, 6) is -0.337. The Hall–Kier alpha value is -1.50. The van der Waals surface area contributed by atoms with Gasteiger partial charge in [0.05, 0.1) is 37.4 Å². The van der Waals surface area contributed by atoms with Gasteiger partial charge in [-0.05, 0) is 44.7 Å². The number of hydrogen-bond donors (Lipinski definition) is 0. The maximum Gasteiger partial charge on any atom is 0.227 e. The van der Waals surface area contributed by atoms with Gasteiger partial charge in [0.2, 0.25) is 5.91 Å². The smallest absolute Gasteiger partial charge is 0.227 e. The zero-order valence-electron chi connectivity index (χ0n) is 17.0. The van der Waals surface area contributed by atoms with E-state index >= 15 is 0 Å². The first-order chi connectivity index (χ1) is 13.5. The Labute approximate surface area is 167 Å². The number of amides is 1. The van der Waals surface area contributed by atoms with Crippen LogP contribution >= 0.6 is 0 Å². The maximum absolute atomic E-state index is 13.8. The van der Waals surface area contributed by atoms with Gasteiger partial charge in [-0.2, -0.15) is 0 Å². The van der Waals surface area contributed by atoms with Gasteiger partial charge in [-0.15, -0.1) is 0 Å². The number of rotatable bonds is 7. The summed E-state index contributed by atoms with van der Waals surface area (Å²) in [6.07, 6.45) is 3.89. The summed E-state index contributed by atoms with van der Waals surface area (Å²) < 4.78 is 31.5. The van der Waals surface area contributed by atoms with Crippen molar-refractivity contribution in [2.24, 2.45) is 0 Å². The Balaban J connectivity index is 1.45. The number of carbonyl (C=O) groups is 1. The van der Waals surface area contributed by atoms with E-state index in [1.165, 1.54) is 6.07 Å². The van der Waals surface area contributed by atoms with Gasteiger partial charge in [0.1, 0.15) is 5.82 Å². The lowest BCUT2D eigenvalue weighted by Crippen LogP contribution is -2.52. The molecule has 0 aromatic heterocycles. The van der Waals surface area contributed by atoms with Crippen LogP contribution in [0.25, 0.3) is 0 Å². The van der Waals surface area contributed by atoms with Crippen LogP contribution in [0.15, 0.2) is 24.3 Å². The van der Waals surface area contributed by atoms with Crippen molar-refractivity contribution in [3.8, 4) is 0 Å². The van der Waals surface area contributed by atoms with Crippen LogP contribution in [-0.2, 0) is 25.4 Å². The van der Waals surface area contributed by atoms with Gasteiger partial charge < -0.3 is 19.1 Å². The van der Waals surface area contributed by atoms with Crippen LogP contribution in [0.5, 0.6) is 0 Å². The van der Waals surface area contributed by atoms with Crippen molar-refractivity contribution < 1.29 is 23.4 Å². The number of nitrogens with zero attached hydrogens (tertiary/aromatic N) is 1. The molecule has 1 aromatic carbocycles. The molecule has 1 spiro atoms. The Morgan fingerprint density at radius 2 is 2.04 bits per heavy atom. The molecule has 1 aromatic rings. The fourth-order valence-electron chi connectivity index (χ4n) is 4.05. The molecule has 156 valence electrons. The number of benzene rings is 1. The molecule has 5 nitrogen and oxygen atoms in total. The standard InChI is InChI=1S/C22H32FNO4/c1-17(2)26-13-14-27-19-7-12-28-22(16-19)8-10-24(11-9-22)21(25)15-18-5-3-4-6-20(18)23/h3-6,17,19H,7-16H2,1-2H3. The minimum absolute atomic E-state index is 0.0191. The molecule has 6 heteroatoms. The maximum atomic E-state index is 13.8. The highest BCUT2D eigenvalue weighted by Gasteiger charge is 2.41. The number of piperidine rings is 1. The monoisotopic (exact) mass is 393 g/mol. The fraction of sp³-hybridized carbons (Fsp3) is 0.682. The summed E-state index contributed by atoms with van der Waals surface area (Å²) in [6.45, 7) is 7.24. The minimum Gasteiger partial charge on any atom is -0.376 e. The number of ether oxygens (including phenoxy) is 3. The Morgan fingerprint density at radius 1 is 1.29 bits per heavy atom. The zero-order chi connectivity index (χ0) is 20.0. The summed E-state index contributed by atoms with van der Waals surface area (Å²) in [5, 5.41) is 0. The first-order valence-electron chi connectivity index (χ1n) is 10.4. The molecule has 0 saturated carbocycles. The molecule has 2 aliphatic heterocycles. The predicted octanol–water partition coefficient (Wildman–Crippen LogP) is 3.35. The summed E-state index contributed by atoms with van der Waals surface area (Å²) in [5.41, 5.74) is 0.259. The number of halogens is 1. The quantitative estimate of drug-likeness (QED) is 0.667. The first-order valence-corrected chi connectivity index (χ1v) is 10.4. The van der Waals surface area contributed by atoms with Gasteiger partial charge in [-0.25, -0.2) is 4.39 Å². The minimum atomic E-state index is -0.318. The summed E-state index contributed by atoms with van der Waals surface area (Å²) in [7, 11) is 0. The average molecular weight is 393 g/mol. The highest BCUT2D eigenvalue weighted by molar-refractivity contribution is 5.79. The molecule has 2 heterocycles. The van der Waals surface area contributed by atoms with E-state index in [-0.39, 0.29) is 36.0 Å². The van der Waals surface area contributed by atoms with Crippen molar-refractivity contribution in [3.63, 3.8) is 0 Å². The van der Waals surface area contributed by atoms with Crippen LogP contribution in [0.1, 0.15) is 45.1 Å². The van der Waals surface area contributed by atoms with Crippen LogP contribution in [0, 0.1) is 5.82 Å². The molecule has 1 amide bonds. The normalized spacial score (nSPS) is 22.0. The molecule has 2 fully saturated rings. The highest BCUT2D eigenvalue weighted by atomic mass is 19.1. The third-order valence-electron chi connectivity index (χ3n) is 5.66. The lowest BCUT2D eigenvalue weighted by molar-refractivity contribution is -0.163. The van der Waals surface area contributed by atoms with Gasteiger partial charge >= 0.3 is 0 Å². The molecule has 1 atom stereocenters. The molecular weight excluding hydrogens is 361 g/mol. The van der Waals surface area contributed by atoms with Gasteiger partial charge in [0.15, 0.2) is 0 Å². The second-order valence-corrected chi connectivity index (χ2v) is 8.09. The van der Waals surface area contributed by atoms with Crippen LogP contribution < -0.4 is 0 Å². The van der Waals surface area contributed by atoms with Crippen LogP contribution in [0.3, 0.4) is 0 Å². The van der Waals surface area contributed by atoms with E-state index in [0.717, 1.165) is 25.7 Å². The molecule has 2 saturated heterocycles. The van der Waals surface area contributed by atoms with Crippen molar-refractivity contribution >= 4 is 5.91 Å². The van der Waals surface area contributed by atoms with Crippen molar-refractivity contribution in [1.29, 1.82) is 0 Å². The highest BCUT2D eigenvalue weighted by Crippen LogP contribution is 2.36. The van der Waals surface area contributed by atoms with Crippen LogP contribution in [-0.4, -0.2) is 61.5 Å². The molecule has 0 radical (unpaired) electrons. The van der Waals surface area contributed by atoms with Crippen molar-refractivity contribution in [2.75, 3.05) is 32.9 Å². The van der Waals surface area contributed by atoms with Crippen molar-refractivity contribution in [2.45, 2.75) is 63.8 Å². The Morgan fingerprint density at radius 3 is 2.75 bits per heavy atom. The predicted molar refractivity (Wildman–Crippen MR) is 105 cm³/mol. The van der Waals surface area contributed by atoms with Gasteiger partial charge in [0.25, 0.3) is 0 Å². The van der Waals surface area contributed by atoms with E-state index in [9.17, 15) is 9.18 Å². The third-order valence-corrected chi connectivity index (χ3v) is 5.66. The SMILES string of the molecule is CC(C)OCCOC1CCOC2(CCN(C(=O)Cc3ccccc3F)CC2)C1. The lowest BCUT2D eigenvalue weighted by atomic mass is 9.83. The van der Waals surface area contributed by atoms with Gasteiger partial charge in [-0.3, -0.25) is 4.79 Å². The first kappa shape index (κ1) is 21.2. The second kappa shape index (κ2) is 9.81. The summed E-state index contributed by atoms with van der Waals surface area (Å²) in [4.78, 5) is 14.4. The zero-order valence-corrected chi connectivity index (χ0v) is 17.0. The topological polar surface area (TPSA) is 48.0 Å². The van der Waals surface area contributed by atoms with E-state index in [0.29, 0.717) is 38.5 Å². The van der Waals surface area contributed by atoms with Gasteiger partial charge in [-0.1, -0.05) is 18.2 Å². The summed E-state index contributed by atoms with van der Waals surface area (Å²) in [6, 6.07) is 6.48. The van der Waals surface area contributed by atoms with E-state index in [1.54, 1.807) is 18.2 Å². The molecule has 3 rings (SSSR count).